The second-order valence-electron chi connectivity index (χ2n) is 4.06. The Bertz CT molecular complexity index is 705. The maximum Gasteiger partial charge on any atom is 0.224 e. The molecule has 0 radical (unpaired) electrons. The number of aryl methyl sites for hydroxylation is 1. The molecule has 0 unspecified atom stereocenters. The molecule has 3 N–H and O–H groups in total. The number of H-pyrrole nitrogens is 1. The van der Waals surface area contributed by atoms with Gasteiger partial charge in [-0.15, -0.1) is 0 Å². The Labute approximate surface area is 104 Å². The van der Waals surface area contributed by atoms with Crippen molar-refractivity contribution in [3.8, 4) is 11.6 Å². The molecule has 5 heteroatoms. The van der Waals surface area contributed by atoms with Crippen LogP contribution in [-0.4, -0.2) is 15.0 Å². The van der Waals surface area contributed by atoms with Gasteiger partial charge < -0.3 is 15.5 Å². The quantitative estimate of drug-likeness (QED) is 0.721. The number of nitrogens with two attached hydrogens (primary N) is 1. The summed E-state index contributed by atoms with van der Waals surface area (Å²) >= 11 is 0. The predicted octanol–water partition coefficient (Wildman–Crippen LogP) is 2.64. The average Bonchev–Trinajstić information content (AvgIpc) is 2.68. The molecule has 0 fully saturated rings. The van der Waals surface area contributed by atoms with Gasteiger partial charge in [-0.05, 0) is 31.2 Å². The fourth-order valence-electron chi connectivity index (χ4n) is 1.85. The molecule has 90 valence electrons. The van der Waals surface area contributed by atoms with Gasteiger partial charge in [0.25, 0.3) is 0 Å². The lowest BCUT2D eigenvalue weighted by atomic mass is 10.2. The van der Waals surface area contributed by atoms with Crippen LogP contribution < -0.4 is 10.5 Å². The van der Waals surface area contributed by atoms with Crippen molar-refractivity contribution in [2.75, 3.05) is 5.73 Å². The molecule has 0 saturated carbocycles. The zero-order valence-electron chi connectivity index (χ0n) is 9.84. The largest absolute Gasteiger partial charge is 0.439 e. The number of anilines is 1. The van der Waals surface area contributed by atoms with Gasteiger partial charge in [-0.1, -0.05) is 0 Å². The molecule has 0 bridgehead atoms. The number of ether oxygens (including phenoxy) is 1. The number of hydrogen-bond acceptors (Lipinski definition) is 4. The number of nitrogen functional groups attached to an aromatic ring is 1. The second kappa shape index (κ2) is 4.03. The van der Waals surface area contributed by atoms with Gasteiger partial charge in [-0.3, -0.25) is 0 Å². The first-order chi connectivity index (χ1) is 8.70. The zero-order chi connectivity index (χ0) is 12.5. The summed E-state index contributed by atoms with van der Waals surface area (Å²) in [7, 11) is 0. The fraction of sp³-hybridized carbons (Fsp3) is 0.0769. The number of nitrogens with zero attached hydrogens (tertiary/aromatic N) is 2. The number of hydrogen-bond donors (Lipinski definition) is 2. The first kappa shape index (κ1) is 10.6. The van der Waals surface area contributed by atoms with Gasteiger partial charge in [0, 0.05) is 28.9 Å². The van der Waals surface area contributed by atoms with Gasteiger partial charge in [-0.25, -0.2) is 4.98 Å². The molecule has 1 aromatic carbocycles. The van der Waals surface area contributed by atoms with Crippen LogP contribution in [0.4, 0.5) is 5.95 Å². The summed E-state index contributed by atoms with van der Waals surface area (Å²) in [5, 5.41) is 1.10. The summed E-state index contributed by atoms with van der Waals surface area (Å²) in [4.78, 5) is 11.1. The number of nitrogens with one attached hydrogen (secondary N) is 1. The normalized spacial score (nSPS) is 10.7. The van der Waals surface area contributed by atoms with Crippen molar-refractivity contribution in [2.45, 2.75) is 6.92 Å². The first-order valence-electron chi connectivity index (χ1n) is 5.56. The molecule has 18 heavy (non-hydrogen) atoms. The highest BCUT2D eigenvalue weighted by Crippen LogP contribution is 2.24. The summed E-state index contributed by atoms with van der Waals surface area (Å²) in [6, 6.07) is 9.55. The highest BCUT2D eigenvalue weighted by atomic mass is 16.5. The summed E-state index contributed by atoms with van der Waals surface area (Å²) in [5.41, 5.74) is 7.70. The predicted molar refractivity (Wildman–Crippen MR) is 69.6 cm³/mol. The molecule has 0 amide bonds. The van der Waals surface area contributed by atoms with E-state index < -0.39 is 0 Å². The minimum Gasteiger partial charge on any atom is -0.439 e. The SMILES string of the molecule is Cc1cc2cc(Oc3ccnc(N)n3)ccc2[nH]1. The van der Waals surface area contributed by atoms with Crippen molar-refractivity contribution in [1.82, 2.24) is 15.0 Å². The summed E-state index contributed by atoms with van der Waals surface area (Å²) in [6.07, 6.45) is 1.57. The lowest BCUT2D eigenvalue weighted by molar-refractivity contribution is 0.463. The summed E-state index contributed by atoms with van der Waals surface area (Å²) in [5.74, 6) is 1.36. The number of benzene rings is 1. The van der Waals surface area contributed by atoms with E-state index in [2.05, 4.69) is 21.0 Å². The van der Waals surface area contributed by atoms with Gasteiger partial charge in [0.15, 0.2) is 0 Å². The lowest BCUT2D eigenvalue weighted by Gasteiger charge is -2.04. The van der Waals surface area contributed by atoms with E-state index in [1.807, 2.05) is 25.1 Å². The summed E-state index contributed by atoms with van der Waals surface area (Å²) < 4.78 is 5.63. The van der Waals surface area contributed by atoms with Crippen LogP contribution in [0.2, 0.25) is 0 Å². The van der Waals surface area contributed by atoms with Gasteiger partial charge in [-0.2, -0.15) is 4.98 Å². The van der Waals surface area contributed by atoms with Crippen LogP contribution in [0.5, 0.6) is 11.6 Å². The maximum atomic E-state index is 5.63. The third-order valence-corrected chi connectivity index (χ3v) is 2.60. The van der Waals surface area contributed by atoms with Crippen LogP contribution in [0.3, 0.4) is 0 Å². The maximum absolute atomic E-state index is 5.63. The molecule has 5 nitrogen and oxygen atoms in total. The lowest BCUT2D eigenvalue weighted by Crippen LogP contribution is -1.95. The topological polar surface area (TPSA) is 76.8 Å². The van der Waals surface area contributed by atoms with Crippen molar-refractivity contribution in [1.29, 1.82) is 0 Å². The van der Waals surface area contributed by atoms with Crippen molar-refractivity contribution >= 4 is 16.9 Å². The molecular formula is C13H12N4O. The Morgan fingerprint density at radius 1 is 1.22 bits per heavy atom. The van der Waals surface area contributed by atoms with E-state index in [1.165, 1.54) is 0 Å². The molecule has 2 aromatic heterocycles. The van der Waals surface area contributed by atoms with Gasteiger partial charge >= 0.3 is 0 Å². The van der Waals surface area contributed by atoms with Gasteiger partial charge in [0.1, 0.15) is 5.75 Å². The van der Waals surface area contributed by atoms with E-state index in [1.54, 1.807) is 12.3 Å². The number of fused-ring (bicyclic) bond motifs is 1. The molecule has 0 aliphatic carbocycles. The van der Waals surface area contributed by atoms with Gasteiger partial charge in [0.2, 0.25) is 11.8 Å². The smallest absolute Gasteiger partial charge is 0.224 e. The Kier molecular flexibility index (Phi) is 2.37. The average molecular weight is 240 g/mol. The number of aromatic nitrogens is 3. The fourth-order valence-corrected chi connectivity index (χ4v) is 1.85. The standard InChI is InChI=1S/C13H12N4O/c1-8-6-9-7-10(2-3-11(9)16-8)18-12-4-5-15-13(14)17-12/h2-7,16H,1H3,(H2,14,15,17). The molecule has 3 rings (SSSR count). The van der Waals surface area contributed by atoms with Crippen LogP contribution in [0.25, 0.3) is 10.9 Å². The van der Waals surface area contributed by atoms with Crippen LogP contribution in [-0.2, 0) is 0 Å². The van der Waals surface area contributed by atoms with Crippen molar-refractivity contribution in [3.05, 3.63) is 42.2 Å². The van der Waals surface area contributed by atoms with Crippen molar-refractivity contribution < 1.29 is 4.74 Å². The molecule has 3 aromatic rings. The Hall–Kier alpha value is -2.56. The van der Waals surface area contributed by atoms with Crippen molar-refractivity contribution in [2.24, 2.45) is 0 Å². The highest BCUT2D eigenvalue weighted by molar-refractivity contribution is 5.81. The molecule has 0 aliphatic heterocycles. The van der Waals surface area contributed by atoms with E-state index in [4.69, 9.17) is 10.5 Å². The molecular weight excluding hydrogens is 228 g/mol. The van der Waals surface area contributed by atoms with E-state index >= 15 is 0 Å². The Balaban J connectivity index is 1.94. The number of aromatic amines is 1. The highest BCUT2D eigenvalue weighted by Gasteiger charge is 2.03. The third kappa shape index (κ3) is 1.98. The Morgan fingerprint density at radius 2 is 2.11 bits per heavy atom. The van der Waals surface area contributed by atoms with Crippen LogP contribution in [0.1, 0.15) is 5.69 Å². The molecule has 0 saturated heterocycles. The van der Waals surface area contributed by atoms with Crippen LogP contribution in [0, 0.1) is 6.92 Å². The molecule has 2 heterocycles. The van der Waals surface area contributed by atoms with E-state index in [-0.39, 0.29) is 5.95 Å². The zero-order valence-corrected chi connectivity index (χ0v) is 9.84. The second-order valence-corrected chi connectivity index (χ2v) is 4.06. The van der Waals surface area contributed by atoms with Crippen molar-refractivity contribution in [3.63, 3.8) is 0 Å². The molecule has 0 aliphatic rings. The minimum atomic E-state index is 0.200. The van der Waals surface area contributed by atoms with E-state index in [9.17, 15) is 0 Å². The van der Waals surface area contributed by atoms with E-state index in [0.717, 1.165) is 22.3 Å². The molecule has 0 atom stereocenters. The van der Waals surface area contributed by atoms with Gasteiger partial charge in [0.05, 0.1) is 0 Å². The van der Waals surface area contributed by atoms with Crippen LogP contribution >= 0.6 is 0 Å². The third-order valence-electron chi connectivity index (χ3n) is 2.60. The molecule has 0 spiro atoms. The minimum absolute atomic E-state index is 0.200. The Morgan fingerprint density at radius 3 is 2.94 bits per heavy atom. The van der Waals surface area contributed by atoms with E-state index in [0.29, 0.717) is 5.88 Å². The number of rotatable bonds is 2. The van der Waals surface area contributed by atoms with Crippen LogP contribution in [0.15, 0.2) is 36.5 Å². The summed E-state index contributed by atoms with van der Waals surface area (Å²) in [6.45, 7) is 2.02. The first-order valence-corrected chi connectivity index (χ1v) is 5.56. The monoisotopic (exact) mass is 240 g/mol.